The van der Waals surface area contributed by atoms with Gasteiger partial charge in [-0.2, -0.15) is 0 Å². The molecule has 98 valence electrons. The van der Waals surface area contributed by atoms with Crippen LogP contribution >= 0.6 is 0 Å². The predicted octanol–water partition coefficient (Wildman–Crippen LogP) is -0.831. The van der Waals surface area contributed by atoms with Crippen LogP contribution in [0.5, 0.6) is 0 Å². The fourth-order valence-corrected chi connectivity index (χ4v) is 2.21. The lowest BCUT2D eigenvalue weighted by atomic mass is 10.1. The standard InChI is InChI=1S/C12H16N2O4/c1-6-3-7(2)13-11(17)10(6)12(18)14-4-8(15)9(16)5-14/h3,8-9,15-16H,4-5H2,1-2H3,(H,13,17)/t8-,9+. The molecule has 2 atom stereocenters. The van der Waals surface area contributed by atoms with Crippen molar-refractivity contribution in [1.82, 2.24) is 9.88 Å². The Bertz CT molecular complexity index is 527. The molecule has 1 fully saturated rings. The minimum Gasteiger partial charge on any atom is -0.388 e. The van der Waals surface area contributed by atoms with Gasteiger partial charge in [-0.1, -0.05) is 0 Å². The van der Waals surface area contributed by atoms with E-state index in [2.05, 4.69) is 4.98 Å². The summed E-state index contributed by atoms with van der Waals surface area (Å²) in [7, 11) is 0. The topological polar surface area (TPSA) is 93.6 Å². The highest BCUT2D eigenvalue weighted by Crippen LogP contribution is 2.14. The van der Waals surface area contributed by atoms with Crippen LogP contribution in [0.4, 0.5) is 0 Å². The van der Waals surface area contributed by atoms with Crippen LogP contribution in [0.25, 0.3) is 0 Å². The van der Waals surface area contributed by atoms with Crippen molar-refractivity contribution in [1.29, 1.82) is 0 Å². The van der Waals surface area contributed by atoms with Gasteiger partial charge in [0.15, 0.2) is 0 Å². The van der Waals surface area contributed by atoms with Gasteiger partial charge in [0, 0.05) is 18.8 Å². The van der Waals surface area contributed by atoms with Crippen LogP contribution in [0.3, 0.4) is 0 Å². The van der Waals surface area contributed by atoms with Crippen LogP contribution in [0.15, 0.2) is 10.9 Å². The number of likely N-dealkylation sites (tertiary alicyclic amines) is 1. The summed E-state index contributed by atoms with van der Waals surface area (Å²) in [5, 5.41) is 18.8. The van der Waals surface area contributed by atoms with E-state index >= 15 is 0 Å². The van der Waals surface area contributed by atoms with E-state index < -0.39 is 23.7 Å². The fraction of sp³-hybridized carbons (Fsp3) is 0.500. The number of hydrogen-bond donors (Lipinski definition) is 3. The maximum atomic E-state index is 12.2. The Kier molecular flexibility index (Phi) is 3.23. The highest BCUT2D eigenvalue weighted by atomic mass is 16.3. The van der Waals surface area contributed by atoms with E-state index in [1.165, 1.54) is 4.90 Å². The van der Waals surface area contributed by atoms with Crippen molar-refractivity contribution in [3.05, 3.63) is 33.2 Å². The number of nitrogens with one attached hydrogen (secondary N) is 1. The molecule has 0 aliphatic carbocycles. The molecule has 3 N–H and O–H groups in total. The molecular weight excluding hydrogens is 236 g/mol. The number of H-pyrrole nitrogens is 1. The number of nitrogens with zero attached hydrogens (tertiary/aromatic N) is 1. The molecule has 0 unspecified atom stereocenters. The SMILES string of the molecule is Cc1cc(C)c(C(=O)N2C[C@@H](O)[C@@H](O)C2)c(=O)[nH]1. The predicted molar refractivity (Wildman–Crippen MR) is 64.5 cm³/mol. The Morgan fingerprint density at radius 3 is 2.39 bits per heavy atom. The minimum absolute atomic E-state index is 0.0484. The maximum Gasteiger partial charge on any atom is 0.261 e. The van der Waals surface area contributed by atoms with E-state index in [0.717, 1.165) is 0 Å². The van der Waals surface area contributed by atoms with Crippen molar-refractivity contribution in [3.8, 4) is 0 Å². The zero-order chi connectivity index (χ0) is 13.4. The van der Waals surface area contributed by atoms with Crippen LogP contribution in [0.1, 0.15) is 21.6 Å². The number of amides is 1. The van der Waals surface area contributed by atoms with E-state index in [0.29, 0.717) is 11.3 Å². The molecule has 18 heavy (non-hydrogen) atoms. The van der Waals surface area contributed by atoms with Gasteiger partial charge in [-0.15, -0.1) is 0 Å². The number of aliphatic hydroxyl groups is 2. The maximum absolute atomic E-state index is 12.2. The third-order valence-corrected chi connectivity index (χ3v) is 3.13. The van der Waals surface area contributed by atoms with E-state index in [1.807, 2.05) is 0 Å². The van der Waals surface area contributed by atoms with Gasteiger partial charge < -0.3 is 20.1 Å². The lowest BCUT2D eigenvalue weighted by Gasteiger charge is -2.16. The van der Waals surface area contributed by atoms with Gasteiger partial charge >= 0.3 is 0 Å². The van der Waals surface area contributed by atoms with E-state index in [-0.39, 0.29) is 18.7 Å². The molecule has 0 aromatic carbocycles. The molecular formula is C12H16N2O4. The average Bonchev–Trinajstić information content (AvgIpc) is 2.57. The van der Waals surface area contributed by atoms with Crippen LogP contribution in [-0.4, -0.2) is 51.3 Å². The van der Waals surface area contributed by atoms with Crippen molar-refractivity contribution >= 4 is 5.91 Å². The van der Waals surface area contributed by atoms with E-state index in [9.17, 15) is 19.8 Å². The van der Waals surface area contributed by atoms with Crippen molar-refractivity contribution < 1.29 is 15.0 Å². The van der Waals surface area contributed by atoms with Gasteiger partial charge in [0.25, 0.3) is 11.5 Å². The summed E-state index contributed by atoms with van der Waals surface area (Å²) in [5.74, 6) is -0.454. The lowest BCUT2D eigenvalue weighted by Crippen LogP contribution is -2.35. The molecule has 0 spiro atoms. The number of aromatic amines is 1. The van der Waals surface area contributed by atoms with Gasteiger partial charge in [0.2, 0.25) is 0 Å². The summed E-state index contributed by atoms with van der Waals surface area (Å²) in [5.41, 5.74) is 0.919. The van der Waals surface area contributed by atoms with E-state index in [1.54, 1.807) is 19.9 Å². The first-order chi connectivity index (χ1) is 8.40. The monoisotopic (exact) mass is 252 g/mol. The summed E-state index contributed by atoms with van der Waals surface area (Å²) in [6, 6.07) is 1.72. The second-order valence-electron chi connectivity index (χ2n) is 4.68. The van der Waals surface area contributed by atoms with E-state index in [4.69, 9.17) is 0 Å². The molecule has 2 heterocycles. The molecule has 0 saturated carbocycles. The number of carbonyl (C=O) groups is 1. The molecule has 1 aliphatic heterocycles. The number of pyridine rings is 1. The van der Waals surface area contributed by atoms with Gasteiger partial charge in [-0.05, 0) is 25.5 Å². The van der Waals surface area contributed by atoms with Gasteiger partial charge in [0.1, 0.15) is 5.56 Å². The Labute approximate surface area is 104 Å². The Morgan fingerprint density at radius 2 is 1.89 bits per heavy atom. The molecule has 1 aromatic rings. The summed E-state index contributed by atoms with van der Waals surface area (Å²) in [4.78, 5) is 27.8. The van der Waals surface area contributed by atoms with Crippen molar-refractivity contribution in [2.24, 2.45) is 0 Å². The molecule has 6 nitrogen and oxygen atoms in total. The second kappa shape index (κ2) is 4.55. The molecule has 1 saturated heterocycles. The number of β-amino-alcohol motifs (C(OH)–C–C–N with tert-alkyl or cyclic N) is 2. The number of aryl methyl sites for hydroxylation is 2. The van der Waals surface area contributed by atoms with Crippen molar-refractivity contribution in [2.75, 3.05) is 13.1 Å². The summed E-state index contributed by atoms with van der Waals surface area (Å²) in [6.07, 6.45) is -1.89. The van der Waals surface area contributed by atoms with Crippen LogP contribution in [-0.2, 0) is 0 Å². The number of carbonyl (C=O) groups excluding carboxylic acids is 1. The number of aliphatic hydroxyl groups excluding tert-OH is 2. The highest BCUT2D eigenvalue weighted by Gasteiger charge is 2.34. The molecule has 6 heteroatoms. The number of rotatable bonds is 1. The third kappa shape index (κ3) is 2.16. The number of aromatic nitrogens is 1. The molecule has 0 bridgehead atoms. The summed E-state index contributed by atoms with van der Waals surface area (Å²) >= 11 is 0. The average molecular weight is 252 g/mol. The quantitative estimate of drug-likeness (QED) is 0.608. The second-order valence-corrected chi connectivity index (χ2v) is 4.68. The van der Waals surface area contributed by atoms with Gasteiger partial charge in [-0.25, -0.2) is 0 Å². The Balaban J connectivity index is 2.33. The Morgan fingerprint density at radius 1 is 1.33 bits per heavy atom. The summed E-state index contributed by atoms with van der Waals surface area (Å²) in [6.45, 7) is 3.53. The largest absolute Gasteiger partial charge is 0.388 e. The van der Waals surface area contributed by atoms with Gasteiger partial charge in [0.05, 0.1) is 12.2 Å². The first kappa shape index (κ1) is 12.8. The zero-order valence-corrected chi connectivity index (χ0v) is 10.3. The first-order valence-corrected chi connectivity index (χ1v) is 5.76. The molecule has 2 rings (SSSR count). The minimum atomic E-state index is -0.946. The molecule has 1 amide bonds. The summed E-state index contributed by atoms with van der Waals surface area (Å²) < 4.78 is 0. The van der Waals surface area contributed by atoms with Crippen LogP contribution < -0.4 is 5.56 Å². The molecule has 1 aromatic heterocycles. The van der Waals surface area contributed by atoms with Crippen molar-refractivity contribution in [2.45, 2.75) is 26.1 Å². The number of hydrogen-bond acceptors (Lipinski definition) is 4. The normalized spacial score (nSPS) is 23.4. The fourth-order valence-electron chi connectivity index (χ4n) is 2.21. The van der Waals surface area contributed by atoms with Gasteiger partial charge in [-0.3, -0.25) is 9.59 Å². The highest BCUT2D eigenvalue weighted by molar-refractivity contribution is 5.95. The third-order valence-electron chi connectivity index (χ3n) is 3.13. The van der Waals surface area contributed by atoms with Crippen molar-refractivity contribution in [3.63, 3.8) is 0 Å². The smallest absolute Gasteiger partial charge is 0.261 e. The first-order valence-electron chi connectivity index (χ1n) is 5.76. The lowest BCUT2D eigenvalue weighted by molar-refractivity contribution is 0.0572. The molecule has 1 aliphatic rings. The van der Waals surface area contributed by atoms with Crippen LogP contribution in [0.2, 0.25) is 0 Å². The zero-order valence-electron chi connectivity index (χ0n) is 10.3. The molecule has 0 radical (unpaired) electrons. The van der Waals surface area contributed by atoms with Crippen LogP contribution in [0, 0.1) is 13.8 Å². The Hall–Kier alpha value is -1.66.